The highest BCUT2D eigenvalue weighted by Gasteiger charge is 2.31. The molecule has 0 aliphatic heterocycles. The first-order valence-electron chi connectivity index (χ1n) is 17.2. The van der Waals surface area contributed by atoms with Crippen LogP contribution in [0.4, 0.5) is 0 Å². The van der Waals surface area contributed by atoms with E-state index in [0.717, 1.165) is 32.9 Å². The summed E-state index contributed by atoms with van der Waals surface area (Å²) in [6.45, 7) is 2.84. The van der Waals surface area contributed by atoms with Crippen LogP contribution < -0.4 is 21.3 Å². The lowest BCUT2D eigenvalue weighted by Gasteiger charge is -2.30. The van der Waals surface area contributed by atoms with Crippen molar-refractivity contribution in [3.63, 3.8) is 0 Å². The van der Waals surface area contributed by atoms with Gasteiger partial charge in [0.15, 0.2) is 0 Å². The number of nitrogens with zero attached hydrogens (tertiary/aromatic N) is 1. The van der Waals surface area contributed by atoms with Gasteiger partial charge in [-0.15, -0.1) is 0 Å². The number of H-pyrrole nitrogens is 2. The van der Waals surface area contributed by atoms with Crippen molar-refractivity contribution in [3.8, 4) is 0 Å². The van der Waals surface area contributed by atoms with Gasteiger partial charge in [-0.3, -0.25) is 24.0 Å². The van der Waals surface area contributed by atoms with E-state index in [1.54, 1.807) is 12.4 Å². The number of carbonyl (C=O) groups excluding carboxylic acids is 6. The van der Waals surface area contributed by atoms with E-state index in [-0.39, 0.29) is 31.9 Å². The molecule has 1 unspecified atom stereocenters. The average Bonchev–Trinajstić information content (AvgIpc) is 3.75. The molecule has 14 heteroatoms. The number of aldehydes is 1. The summed E-state index contributed by atoms with van der Waals surface area (Å²) in [7, 11) is 0. The molecule has 2 aromatic heterocycles. The van der Waals surface area contributed by atoms with E-state index >= 15 is 0 Å². The molecule has 0 aliphatic rings. The van der Waals surface area contributed by atoms with Crippen molar-refractivity contribution in [2.75, 3.05) is 26.2 Å². The minimum absolute atomic E-state index is 0.0794. The molecular formula is C37H47N7O7. The fourth-order valence-corrected chi connectivity index (χ4v) is 6.20. The zero-order valence-corrected chi connectivity index (χ0v) is 28.9. The number of carbonyl (C=O) groups is 6. The lowest BCUT2D eigenvalue weighted by Crippen LogP contribution is -2.55. The molecule has 0 saturated heterocycles. The number of amides is 5. The fraction of sp³-hybridized carbons (Fsp3) is 0.405. The molecule has 0 saturated carbocycles. The summed E-state index contributed by atoms with van der Waals surface area (Å²) in [5, 5.41) is 22.2. The quantitative estimate of drug-likeness (QED) is 0.0503. The van der Waals surface area contributed by atoms with Gasteiger partial charge < -0.3 is 46.0 Å². The molecular weight excluding hydrogens is 654 g/mol. The van der Waals surface area contributed by atoms with Crippen molar-refractivity contribution in [3.05, 3.63) is 72.1 Å². The summed E-state index contributed by atoms with van der Waals surface area (Å²) >= 11 is 0. The highest BCUT2D eigenvalue weighted by atomic mass is 16.3. The Bertz CT molecular complexity index is 1800. The van der Waals surface area contributed by atoms with E-state index in [1.807, 2.05) is 55.5 Å². The minimum atomic E-state index is -1.12. The van der Waals surface area contributed by atoms with Gasteiger partial charge in [-0.1, -0.05) is 43.3 Å². The Hall–Kier alpha value is -5.50. The molecule has 0 aliphatic carbocycles. The van der Waals surface area contributed by atoms with E-state index in [9.17, 15) is 33.9 Å². The van der Waals surface area contributed by atoms with Crippen molar-refractivity contribution in [2.24, 2.45) is 5.92 Å². The second-order valence-corrected chi connectivity index (χ2v) is 12.5. The van der Waals surface area contributed by atoms with Gasteiger partial charge in [0.2, 0.25) is 30.0 Å². The number of rotatable bonds is 21. The molecule has 0 spiro atoms. The Kier molecular flexibility index (Phi) is 14.3. The topological polar surface area (TPSA) is 206 Å². The third-order valence-corrected chi connectivity index (χ3v) is 9.02. The Morgan fingerprint density at radius 3 is 2.04 bits per heavy atom. The first-order valence-corrected chi connectivity index (χ1v) is 17.2. The van der Waals surface area contributed by atoms with Gasteiger partial charge in [-0.25, -0.2) is 0 Å². The van der Waals surface area contributed by atoms with Crippen LogP contribution in [0.1, 0.15) is 44.2 Å². The van der Waals surface area contributed by atoms with Crippen LogP contribution in [0.5, 0.6) is 0 Å². The summed E-state index contributed by atoms with van der Waals surface area (Å²) in [5.41, 5.74) is 3.27. The van der Waals surface area contributed by atoms with E-state index < -0.39 is 48.3 Å². The highest BCUT2D eigenvalue weighted by molar-refractivity contribution is 5.94. The van der Waals surface area contributed by atoms with Crippen molar-refractivity contribution >= 4 is 58.1 Å². The third kappa shape index (κ3) is 10.3. The average molecular weight is 702 g/mol. The maximum atomic E-state index is 13.8. The van der Waals surface area contributed by atoms with Gasteiger partial charge in [0.05, 0.1) is 19.2 Å². The van der Waals surface area contributed by atoms with Crippen LogP contribution in [0.25, 0.3) is 21.8 Å². The maximum absolute atomic E-state index is 13.8. The number of aliphatic hydroxyl groups excluding tert-OH is 1. The van der Waals surface area contributed by atoms with Crippen LogP contribution >= 0.6 is 0 Å². The van der Waals surface area contributed by atoms with Crippen LogP contribution in [-0.2, 0) is 41.6 Å². The number of para-hydroxylation sites is 2. The van der Waals surface area contributed by atoms with Crippen molar-refractivity contribution in [1.29, 1.82) is 0 Å². The molecule has 2 heterocycles. The Balaban J connectivity index is 1.50. The van der Waals surface area contributed by atoms with Crippen LogP contribution in [0.3, 0.4) is 0 Å². The smallest absolute Gasteiger partial charge is 0.246 e. The van der Waals surface area contributed by atoms with Crippen LogP contribution in [0.2, 0.25) is 0 Å². The van der Waals surface area contributed by atoms with Gasteiger partial charge >= 0.3 is 0 Å². The van der Waals surface area contributed by atoms with Gasteiger partial charge in [0.25, 0.3) is 0 Å². The first-order chi connectivity index (χ1) is 24.7. The second kappa shape index (κ2) is 19.0. The summed E-state index contributed by atoms with van der Waals surface area (Å²) in [6, 6.07) is 12.1. The normalized spacial score (nSPS) is 13.5. The standard InChI is InChI=1S/C37H47N7O7/c1-3-25(9-8-14-38-23-47)35(49)43-32(17-26-19-39-30-12-6-4-10-28(26)30)36(50)41-21-34(48)42-33(37(51)44(15-16-45)24(2)22-46)18-27-20-40-31-13-7-5-11-29(27)31/h4-7,10-13,19-20,22-25,32-33,39-40,45H,3,8-9,14-18,21H2,1-2H3,(H,38,47)(H,41,50)(H,42,48)(H,43,49)/t24?,25-,32-,33-/m0/s1. The number of fused-ring (bicyclic) bond motifs is 2. The van der Waals surface area contributed by atoms with E-state index in [4.69, 9.17) is 0 Å². The van der Waals surface area contributed by atoms with Crippen molar-refractivity contribution in [1.82, 2.24) is 36.1 Å². The van der Waals surface area contributed by atoms with Gasteiger partial charge in [-0.05, 0) is 49.4 Å². The van der Waals surface area contributed by atoms with Gasteiger partial charge in [0, 0.05) is 66.0 Å². The molecule has 4 atom stereocenters. The lowest BCUT2D eigenvalue weighted by molar-refractivity contribution is -0.140. The van der Waals surface area contributed by atoms with E-state index in [2.05, 4.69) is 31.2 Å². The Labute approximate surface area is 296 Å². The minimum Gasteiger partial charge on any atom is -0.395 e. The lowest BCUT2D eigenvalue weighted by atomic mass is 9.97. The molecule has 2 aromatic carbocycles. The predicted octanol–water partition coefficient (Wildman–Crippen LogP) is 1.48. The largest absolute Gasteiger partial charge is 0.395 e. The van der Waals surface area contributed by atoms with E-state index in [1.165, 1.54) is 11.8 Å². The monoisotopic (exact) mass is 701 g/mol. The van der Waals surface area contributed by atoms with E-state index in [0.29, 0.717) is 38.5 Å². The first kappa shape index (κ1) is 38.3. The number of aromatic nitrogens is 2. The Morgan fingerprint density at radius 1 is 0.863 bits per heavy atom. The van der Waals surface area contributed by atoms with Gasteiger partial charge in [-0.2, -0.15) is 0 Å². The summed E-state index contributed by atoms with van der Waals surface area (Å²) in [6.07, 6.45) is 6.58. The number of nitrogens with one attached hydrogen (secondary N) is 6. The molecule has 0 fully saturated rings. The summed E-state index contributed by atoms with van der Waals surface area (Å²) in [5.74, 6) is -2.52. The zero-order valence-electron chi connectivity index (χ0n) is 28.9. The zero-order chi connectivity index (χ0) is 36.8. The molecule has 51 heavy (non-hydrogen) atoms. The molecule has 7 N–H and O–H groups in total. The van der Waals surface area contributed by atoms with Crippen molar-refractivity contribution < 1.29 is 33.9 Å². The number of hydrogen-bond acceptors (Lipinski definition) is 7. The van der Waals surface area contributed by atoms with Gasteiger partial charge in [0.1, 0.15) is 18.4 Å². The number of benzene rings is 2. The molecule has 5 amide bonds. The second-order valence-electron chi connectivity index (χ2n) is 12.5. The third-order valence-electron chi connectivity index (χ3n) is 9.02. The SMILES string of the molecule is CC[C@@H](CCCNC=O)C(=O)N[C@@H](Cc1c[nH]c2ccccc12)C(=O)NCC(=O)N[C@@H](Cc1c[nH]c2ccccc12)C(=O)N(CCO)C(C)C=O. The predicted molar refractivity (Wildman–Crippen MR) is 192 cm³/mol. The molecule has 4 rings (SSSR count). The summed E-state index contributed by atoms with van der Waals surface area (Å²) < 4.78 is 0. The van der Waals surface area contributed by atoms with Crippen LogP contribution in [0, 0.1) is 5.92 Å². The molecule has 14 nitrogen and oxygen atoms in total. The van der Waals surface area contributed by atoms with Crippen LogP contribution in [-0.4, -0.2) is 101 Å². The Morgan fingerprint density at radius 2 is 1.47 bits per heavy atom. The molecule has 272 valence electrons. The summed E-state index contributed by atoms with van der Waals surface area (Å²) in [4.78, 5) is 84.0. The molecule has 4 aromatic rings. The molecule has 0 radical (unpaired) electrons. The van der Waals surface area contributed by atoms with Crippen molar-refractivity contribution in [2.45, 2.75) is 64.1 Å². The highest BCUT2D eigenvalue weighted by Crippen LogP contribution is 2.21. The molecule has 0 bridgehead atoms. The number of hydrogen-bond donors (Lipinski definition) is 7. The number of aliphatic hydroxyl groups is 1. The number of aromatic amines is 2. The fourth-order valence-electron chi connectivity index (χ4n) is 6.20. The van der Waals surface area contributed by atoms with Crippen LogP contribution in [0.15, 0.2) is 60.9 Å². The maximum Gasteiger partial charge on any atom is 0.246 e.